The average molecular weight is 247 g/mol. The van der Waals surface area contributed by atoms with E-state index >= 15 is 0 Å². The number of methoxy groups -OCH3 is 3. The lowest BCUT2D eigenvalue weighted by Crippen LogP contribution is -2.02. The van der Waals surface area contributed by atoms with Gasteiger partial charge in [-0.25, -0.2) is 4.79 Å². The monoisotopic (exact) mass is 247 g/mol. The van der Waals surface area contributed by atoms with E-state index < -0.39 is 5.97 Å². The molecule has 94 valence electrons. The molecule has 0 saturated heterocycles. The van der Waals surface area contributed by atoms with E-state index in [1.165, 1.54) is 27.4 Å². The van der Waals surface area contributed by atoms with Crippen LogP contribution in [-0.2, 0) is 9.53 Å². The number of hydrogen-bond donors (Lipinski definition) is 0. The lowest BCUT2D eigenvalue weighted by atomic mass is 10.1. The fourth-order valence-corrected chi connectivity index (χ4v) is 1.35. The summed E-state index contributed by atoms with van der Waals surface area (Å²) in [5.41, 5.74) is 0.461. The second kappa shape index (κ2) is 6.30. The van der Waals surface area contributed by atoms with E-state index in [1.54, 1.807) is 24.3 Å². The van der Waals surface area contributed by atoms with Crippen molar-refractivity contribution in [1.82, 2.24) is 0 Å². The molecule has 0 aliphatic heterocycles. The van der Waals surface area contributed by atoms with Crippen LogP contribution in [0.1, 0.15) is 5.56 Å². The Morgan fingerprint density at radius 2 is 2.00 bits per heavy atom. The minimum atomic E-state index is -0.692. The van der Waals surface area contributed by atoms with Crippen LogP contribution in [0.2, 0.25) is 0 Å². The Kier molecular flexibility index (Phi) is 4.76. The lowest BCUT2D eigenvalue weighted by Gasteiger charge is -2.07. The Bertz CT molecular complexity index is 514. The smallest absolute Gasteiger partial charge is 0.348 e. The van der Waals surface area contributed by atoms with Gasteiger partial charge >= 0.3 is 5.97 Å². The van der Waals surface area contributed by atoms with Crippen LogP contribution in [0.25, 0.3) is 6.08 Å². The first-order chi connectivity index (χ1) is 8.65. The maximum atomic E-state index is 11.3. The van der Waals surface area contributed by atoms with Gasteiger partial charge in [0.1, 0.15) is 23.1 Å². The summed E-state index contributed by atoms with van der Waals surface area (Å²) >= 11 is 0. The lowest BCUT2D eigenvalue weighted by molar-refractivity contribution is -0.135. The number of nitrogens with zero attached hydrogens (tertiary/aromatic N) is 1. The number of ether oxygens (including phenoxy) is 3. The van der Waals surface area contributed by atoms with Crippen LogP contribution in [0.5, 0.6) is 11.5 Å². The molecule has 0 aliphatic rings. The van der Waals surface area contributed by atoms with E-state index in [0.29, 0.717) is 17.1 Å². The fourth-order valence-electron chi connectivity index (χ4n) is 1.35. The predicted molar refractivity (Wildman–Crippen MR) is 65.2 cm³/mol. The van der Waals surface area contributed by atoms with Crippen molar-refractivity contribution in [3.63, 3.8) is 0 Å². The Labute approximate surface area is 105 Å². The Hall–Kier alpha value is -2.48. The topological polar surface area (TPSA) is 68.6 Å². The van der Waals surface area contributed by atoms with E-state index in [9.17, 15) is 4.79 Å². The SMILES string of the molecule is COC(=O)C(C#N)=Cc1cc(OC)ccc1OC. The molecule has 1 aromatic carbocycles. The number of hydrogen-bond acceptors (Lipinski definition) is 5. The van der Waals surface area contributed by atoms with Gasteiger partial charge in [0, 0.05) is 5.56 Å². The number of benzene rings is 1. The summed E-state index contributed by atoms with van der Waals surface area (Å²) in [6, 6.07) is 6.86. The van der Waals surface area contributed by atoms with Gasteiger partial charge in [-0.15, -0.1) is 0 Å². The molecule has 0 unspecified atom stereocenters. The zero-order valence-corrected chi connectivity index (χ0v) is 10.4. The molecular weight excluding hydrogens is 234 g/mol. The third-order valence-electron chi connectivity index (χ3n) is 2.26. The summed E-state index contributed by atoms with van der Waals surface area (Å²) < 4.78 is 14.7. The normalized spacial score (nSPS) is 10.4. The van der Waals surface area contributed by atoms with Crippen LogP contribution in [0.15, 0.2) is 23.8 Å². The van der Waals surface area contributed by atoms with E-state index in [1.807, 2.05) is 0 Å². The zero-order chi connectivity index (χ0) is 13.5. The van der Waals surface area contributed by atoms with Gasteiger partial charge in [0.05, 0.1) is 21.3 Å². The van der Waals surface area contributed by atoms with Gasteiger partial charge in [-0.1, -0.05) is 0 Å². The highest BCUT2D eigenvalue weighted by molar-refractivity contribution is 5.98. The third-order valence-corrected chi connectivity index (χ3v) is 2.26. The molecule has 0 radical (unpaired) electrons. The molecule has 5 nitrogen and oxygen atoms in total. The molecule has 18 heavy (non-hydrogen) atoms. The van der Waals surface area contributed by atoms with Crippen molar-refractivity contribution in [2.75, 3.05) is 21.3 Å². The molecule has 0 bridgehead atoms. The van der Waals surface area contributed by atoms with Crippen molar-refractivity contribution in [2.24, 2.45) is 0 Å². The van der Waals surface area contributed by atoms with Gasteiger partial charge in [0.25, 0.3) is 0 Å². The Morgan fingerprint density at radius 3 is 2.50 bits per heavy atom. The number of nitriles is 1. The molecule has 5 heteroatoms. The van der Waals surface area contributed by atoms with Crippen molar-refractivity contribution < 1.29 is 19.0 Å². The van der Waals surface area contributed by atoms with E-state index in [2.05, 4.69) is 4.74 Å². The second-order valence-electron chi connectivity index (χ2n) is 3.27. The number of rotatable bonds is 4. The Morgan fingerprint density at radius 1 is 1.28 bits per heavy atom. The fraction of sp³-hybridized carbons (Fsp3) is 0.231. The molecule has 0 spiro atoms. The van der Waals surface area contributed by atoms with Crippen LogP contribution < -0.4 is 9.47 Å². The summed E-state index contributed by atoms with van der Waals surface area (Å²) in [6.07, 6.45) is 1.40. The van der Waals surface area contributed by atoms with Crippen LogP contribution >= 0.6 is 0 Å². The zero-order valence-electron chi connectivity index (χ0n) is 10.4. The van der Waals surface area contributed by atoms with Crippen molar-refractivity contribution >= 4 is 12.0 Å². The van der Waals surface area contributed by atoms with Gasteiger partial charge in [0.2, 0.25) is 0 Å². The maximum absolute atomic E-state index is 11.3. The number of esters is 1. The molecule has 0 aromatic heterocycles. The van der Waals surface area contributed by atoms with E-state index in [0.717, 1.165) is 0 Å². The first-order valence-electron chi connectivity index (χ1n) is 5.08. The summed E-state index contributed by atoms with van der Waals surface area (Å²) in [5, 5.41) is 8.89. The first-order valence-corrected chi connectivity index (χ1v) is 5.08. The van der Waals surface area contributed by atoms with Crippen LogP contribution in [0.4, 0.5) is 0 Å². The summed E-state index contributed by atoms with van der Waals surface area (Å²) in [5.74, 6) is 0.444. The van der Waals surface area contributed by atoms with Crippen molar-refractivity contribution in [2.45, 2.75) is 0 Å². The van der Waals surface area contributed by atoms with E-state index in [4.69, 9.17) is 14.7 Å². The molecule has 0 saturated carbocycles. The van der Waals surface area contributed by atoms with Crippen LogP contribution in [0, 0.1) is 11.3 Å². The van der Waals surface area contributed by atoms with Gasteiger partial charge in [-0.3, -0.25) is 0 Å². The van der Waals surface area contributed by atoms with Crippen molar-refractivity contribution in [3.05, 3.63) is 29.3 Å². The van der Waals surface area contributed by atoms with Crippen LogP contribution in [-0.4, -0.2) is 27.3 Å². The average Bonchev–Trinajstić information content (AvgIpc) is 2.43. The first kappa shape index (κ1) is 13.6. The molecule has 0 aliphatic carbocycles. The molecule has 0 N–H and O–H groups in total. The largest absolute Gasteiger partial charge is 0.497 e. The quantitative estimate of drug-likeness (QED) is 0.461. The van der Waals surface area contributed by atoms with Gasteiger partial charge in [0.15, 0.2) is 0 Å². The summed E-state index contributed by atoms with van der Waals surface area (Å²) in [7, 11) is 4.25. The van der Waals surface area contributed by atoms with Crippen LogP contribution in [0.3, 0.4) is 0 Å². The standard InChI is InChI=1S/C13H13NO4/c1-16-11-4-5-12(17-2)9(7-11)6-10(8-14)13(15)18-3/h4-7H,1-3H3. The minimum Gasteiger partial charge on any atom is -0.497 e. The molecule has 0 amide bonds. The minimum absolute atomic E-state index is 0.107. The van der Waals surface area contributed by atoms with Gasteiger partial charge in [-0.2, -0.15) is 5.26 Å². The van der Waals surface area contributed by atoms with Gasteiger partial charge < -0.3 is 14.2 Å². The summed E-state index contributed by atoms with van der Waals surface area (Å²) in [4.78, 5) is 11.3. The highest BCUT2D eigenvalue weighted by Crippen LogP contribution is 2.26. The molecule has 1 aromatic rings. The molecule has 0 heterocycles. The molecule has 1 rings (SSSR count). The number of carbonyl (C=O) groups is 1. The Balaban J connectivity index is 3.26. The van der Waals surface area contributed by atoms with Crippen molar-refractivity contribution in [3.8, 4) is 17.6 Å². The maximum Gasteiger partial charge on any atom is 0.348 e. The molecule has 0 fully saturated rings. The number of carbonyl (C=O) groups excluding carboxylic acids is 1. The van der Waals surface area contributed by atoms with Gasteiger partial charge in [-0.05, 0) is 24.3 Å². The second-order valence-corrected chi connectivity index (χ2v) is 3.27. The molecular formula is C13H13NO4. The highest BCUT2D eigenvalue weighted by Gasteiger charge is 2.11. The predicted octanol–water partition coefficient (Wildman–Crippen LogP) is 1.78. The van der Waals surface area contributed by atoms with E-state index in [-0.39, 0.29) is 5.57 Å². The summed E-state index contributed by atoms with van der Waals surface area (Å²) in [6.45, 7) is 0. The molecule has 0 atom stereocenters. The third kappa shape index (κ3) is 3.01. The van der Waals surface area contributed by atoms with Crippen molar-refractivity contribution in [1.29, 1.82) is 5.26 Å². The highest BCUT2D eigenvalue weighted by atomic mass is 16.5.